The van der Waals surface area contributed by atoms with Gasteiger partial charge in [0.25, 0.3) is 0 Å². The van der Waals surface area contributed by atoms with Crippen LogP contribution >= 0.6 is 11.6 Å². The number of aromatic nitrogens is 2. The molecule has 4 rings (SSSR count). The number of benzene rings is 2. The number of carbonyl (C=O) groups excluding carboxylic acids is 1. The van der Waals surface area contributed by atoms with Crippen molar-refractivity contribution in [2.75, 3.05) is 50.4 Å². The number of likely N-dealkylation sites (N-methyl/N-ethyl adjacent to an activating group) is 1. The third-order valence-corrected chi connectivity index (χ3v) is 6.15. The van der Waals surface area contributed by atoms with Gasteiger partial charge in [-0.05, 0) is 58.2 Å². The third kappa shape index (κ3) is 6.46. The number of piperazine rings is 1. The third-order valence-electron chi connectivity index (χ3n) is 5.86. The molecule has 8 nitrogen and oxygen atoms in total. The van der Waals surface area contributed by atoms with Crippen LogP contribution in [-0.2, 0) is 4.74 Å². The first-order chi connectivity index (χ1) is 17.5. The van der Waals surface area contributed by atoms with E-state index < -0.39 is 17.5 Å². The summed E-state index contributed by atoms with van der Waals surface area (Å²) in [5.74, 6) is 5.99. The smallest absolute Gasteiger partial charge is 0.420 e. The van der Waals surface area contributed by atoms with E-state index >= 15 is 0 Å². The van der Waals surface area contributed by atoms with Crippen LogP contribution in [-0.4, -0.2) is 71.2 Å². The standard InChI is InChI=1S/C27H30ClFN6O2/c1-27(2,3)37-26(36)35(19-7-8-22(29)21(28)15-19)25-20-16-23(30)18(14-24(20)31-17-32-25)6-5-9-34-12-10-33(4)11-13-34/h7-8,14-17H,9-13,30H2,1-4H3. The van der Waals surface area contributed by atoms with Gasteiger partial charge in [0.2, 0.25) is 0 Å². The molecule has 2 aromatic carbocycles. The van der Waals surface area contributed by atoms with Gasteiger partial charge < -0.3 is 15.4 Å². The summed E-state index contributed by atoms with van der Waals surface area (Å²) >= 11 is 6.03. The number of amides is 1. The molecule has 10 heteroatoms. The van der Waals surface area contributed by atoms with Crippen LogP contribution in [0.1, 0.15) is 26.3 Å². The molecule has 1 aliphatic heterocycles. The van der Waals surface area contributed by atoms with Crippen LogP contribution in [0.3, 0.4) is 0 Å². The number of nitrogens with two attached hydrogens (primary N) is 1. The maximum Gasteiger partial charge on any atom is 0.420 e. The summed E-state index contributed by atoms with van der Waals surface area (Å²) in [7, 11) is 2.11. The summed E-state index contributed by atoms with van der Waals surface area (Å²) < 4.78 is 19.5. The molecule has 0 atom stereocenters. The fourth-order valence-electron chi connectivity index (χ4n) is 3.89. The fraction of sp³-hybridized carbons (Fsp3) is 0.370. The van der Waals surface area contributed by atoms with Crippen molar-refractivity contribution >= 4 is 45.8 Å². The molecule has 2 N–H and O–H groups in total. The predicted molar refractivity (Wildman–Crippen MR) is 145 cm³/mol. The molecule has 0 saturated carbocycles. The Morgan fingerprint density at radius 1 is 1.19 bits per heavy atom. The Morgan fingerprint density at radius 3 is 2.59 bits per heavy atom. The minimum Gasteiger partial charge on any atom is -0.443 e. The molecule has 194 valence electrons. The van der Waals surface area contributed by atoms with Gasteiger partial charge in [-0.1, -0.05) is 23.4 Å². The van der Waals surface area contributed by atoms with Crippen molar-refractivity contribution in [3.63, 3.8) is 0 Å². The van der Waals surface area contributed by atoms with Crippen molar-refractivity contribution in [1.29, 1.82) is 0 Å². The maximum atomic E-state index is 13.9. The predicted octanol–water partition coefficient (Wildman–Crippen LogP) is 4.68. The Balaban J connectivity index is 1.72. The number of fused-ring (bicyclic) bond motifs is 1. The summed E-state index contributed by atoms with van der Waals surface area (Å²) in [6.07, 6.45) is 0.641. The zero-order valence-corrected chi connectivity index (χ0v) is 22.1. The van der Waals surface area contributed by atoms with E-state index in [0.29, 0.717) is 28.7 Å². The van der Waals surface area contributed by atoms with Gasteiger partial charge in [-0.2, -0.15) is 0 Å². The van der Waals surface area contributed by atoms with E-state index in [9.17, 15) is 9.18 Å². The van der Waals surface area contributed by atoms with Crippen LogP contribution in [0, 0.1) is 17.7 Å². The van der Waals surface area contributed by atoms with Crippen LogP contribution in [0.5, 0.6) is 0 Å². The highest BCUT2D eigenvalue weighted by Crippen LogP contribution is 2.34. The average Bonchev–Trinajstić information content (AvgIpc) is 2.82. The van der Waals surface area contributed by atoms with Gasteiger partial charge in [0.15, 0.2) is 5.82 Å². The van der Waals surface area contributed by atoms with Crippen molar-refractivity contribution in [3.05, 3.63) is 53.1 Å². The quantitative estimate of drug-likeness (QED) is 0.393. The summed E-state index contributed by atoms with van der Waals surface area (Å²) in [5.41, 5.74) is 7.48. The Labute approximate surface area is 221 Å². The first-order valence-corrected chi connectivity index (χ1v) is 12.3. The van der Waals surface area contributed by atoms with Gasteiger partial charge in [0.05, 0.1) is 22.8 Å². The molecule has 2 heterocycles. The zero-order valence-electron chi connectivity index (χ0n) is 21.4. The summed E-state index contributed by atoms with van der Waals surface area (Å²) in [4.78, 5) is 27.9. The second kappa shape index (κ2) is 10.9. The molecule has 1 aliphatic rings. The lowest BCUT2D eigenvalue weighted by Crippen LogP contribution is -2.44. The summed E-state index contributed by atoms with van der Waals surface area (Å²) in [5, 5.41) is 0.373. The molecule has 0 aliphatic carbocycles. The number of carbonyl (C=O) groups is 1. The van der Waals surface area contributed by atoms with E-state index in [0.717, 1.165) is 26.2 Å². The number of halogens is 2. The van der Waals surface area contributed by atoms with E-state index in [-0.39, 0.29) is 16.5 Å². The van der Waals surface area contributed by atoms with Crippen molar-refractivity contribution in [3.8, 4) is 11.8 Å². The maximum absolute atomic E-state index is 13.9. The van der Waals surface area contributed by atoms with Crippen LogP contribution in [0.25, 0.3) is 10.9 Å². The number of hydrogen-bond acceptors (Lipinski definition) is 7. The Kier molecular flexibility index (Phi) is 7.83. The van der Waals surface area contributed by atoms with Crippen molar-refractivity contribution < 1.29 is 13.9 Å². The Morgan fingerprint density at radius 2 is 1.92 bits per heavy atom. The van der Waals surface area contributed by atoms with Crippen LogP contribution < -0.4 is 10.6 Å². The van der Waals surface area contributed by atoms with Crippen molar-refractivity contribution in [1.82, 2.24) is 19.8 Å². The number of rotatable bonds is 3. The minimum atomic E-state index is -0.784. The van der Waals surface area contributed by atoms with E-state index in [1.165, 1.54) is 29.4 Å². The zero-order chi connectivity index (χ0) is 26.7. The molecule has 1 aromatic heterocycles. The number of ether oxygens (including phenoxy) is 1. The molecule has 0 unspecified atom stereocenters. The van der Waals surface area contributed by atoms with Crippen LogP contribution in [0.2, 0.25) is 5.02 Å². The lowest BCUT2D eigenvalue weighted by molar-refractivity contribution is 0.0598. The van der Waals surface area contributed by atoms with Crippen LogP contribution in [0.15, 0.2) is 36.7 Å². The number of anilines is 3. The first kappa shape index (κ1) is 26.6. The largest absolute Gasteiger partial charge is 0.443 e. The highest BCUT2D eigenvalue weighted by Gasteiger charge is 2.28. The molecule has 1 fully saturated rings. The second-order valence-electron chi connectivity index (χ2n) is 9.95. The summed E-state index contributed by atoms with van der Waals surface area (Å²) in [6, 6.07) is 7.42. The van der Waals surface area contributed by atoms with Gasteiger partial charge in [-0.3, -0.25) is 4.90 Å². The van der Waals surface area contributed by atoms with Gasteiger partial charge in [0.1, 0.15) is 17.7 Å². The molecule has 0 bridgehead atoms. The van der Waals surface area contributed by atoms with Gasteiger partial charge >= 0.3 is 6.09 Å². The normalized spacial score (nSPS) is 14.8. The monoisotopic (exact) mass is 524 g/mol. The molecule has 1 amide bonds. The Bertz CT molecular complexity index is 1370. The van der Waals surface area contributed by atoms with Crippen LogP contribution in [0.4, 0.5) is 26.4 Å². The highest BCUT2D eigenvalue weighted by atomic mass is 35.5. The molecular formula is C27H30ClFN6O2. The molecule has 0 spiro atoms. The Hall–Kier alpha value is -3.45. The molecule has 0 radical (unpaired) electrons. The number of hydrogen-bond donors (Lipinski definition) is 1. The molecule has 37 heavy (non-hydrogen) atoms. The highest BCUT2D eigenvalue weighted by molar-refractivity contribution is 6.31. The van der Waals surface area contributed by atoms with E-state index in [1.54, 1.807) is 32.9 Å². The topological polar surface area (TPSA) is 87.8 Å². The van der Waals surface area contributed by atoms with Crippen molar-refractivity contribution in [2.24, 2.45) is 0 Å². The van der Waals surface area contributed by atoms with E-state index in [1.807, 2.05) is 0 Å². The lowest BCUT2D eigenvalue weighted by atomic mass is 10.1. The van der Waals surface area contributed by atoms with Gasteiger partial charge in [-0.25, -0.2) is 24.1 Å². The summed E-state index contributed by atoms with van der Waals surface area (Å²) in [6.45, 7) is 9.90. The minimum absolute atomic E-state index is 0.137. The number of nitrogens with zero attached hydrogens (tertiary/aromatic N) is 5. The SMILES string of the molecule is CN1CCN(CC#Cc2cc3ncnc(N(C(=O)OC(C)(C)C)c4ccc(F)c(Cl)c4)c3cc2N)CC1. The second-order valence-corrected chi connectivity index (χ2v) is 10.4. The lowest BCUT2D eigenvalue weighted by Gasteiger charge is -2.30. The first-order valence-electron chi connectivity index (χ1n) is 11.9. The van der Waals surface area contributed by atoms with Crippen molar-refractivity contribution in [2.45, 2.75) is 26.4 Å². The molecule has 1 saturated heterocycles. The van der Waals surface area contributed by atoms with E-state index in [2.05, 4.69) is 38.7 Å². The van der Waals surface area contributed by atoms with Gasteiger partial charge in [0, 0.05) is 42.8 Å². The van der Waals surface area contributed by atoms with Gasteiger partial charge in [-0.15, -0.1) is 0 Å². The molecular weight excluding hydrogens is 495 g/mol. The average molecular weight is 525 g/mol. The molecule has 3 aromatic rings. The van der Waals surface area contributed by atoms with E-state index in [4.69, 9.17) is 22.1 Å². The number of nitrogen functional groups attached to an aromatic ring is 1. The fourth-order valence-corrected chi connectivity index (χ4v) is 4.07.